The lowest BCUT2D eigenvalue weighted by molar-refractivity contribution is -0.140. The van der Waals surface area contributed by atoms with Gasteiger partial charge in [0.2, 0.25) is 10.0 Å². The van der Waals surface area contributed by atoms with E-state index >= 15 is 0 Å². The average Bonchev–Trinajstić information content (AvgIpc) is 3.03. The van der Waals surface area contributed by atoms with E-state index in [0.29, 0.717) is 22.1 Å². The molecule has 1 atom stereocenters. The second kappa shape index (κ2) is 7.72. The molecule has 29 heavy (non-hydrogen) atoms. The molecule has 3 aromatic rings. The van der Waals surface area contributed by atoms with Gasteiger partial charge in [0.15, 0.2) is 5.84 Å². The van der Waals surface area contributed by atoms with Gasteiger partial charge in [0.1, 0.15) is 24.3 Å². The number of hydrogen-bond donors (Lipinski definition) is 3. The average molecular weight is 419 g/mol. The quantitative estimate of drug-likeness (QED) is 0.302. The van der Waals surface area contributed by atoms with Crippen molar-refractivity contribution in [2.75, 3.05) is 7.11 Å². The minimum atomic E-state index is -4.05. The number of rotatable bonds is 7. The first-order valence-electron chi connectivity index (χ1n) is 8.72. The molecular weight excluding hydrogens is 398 g/mol. The predicted molar refractivity (Wildman–Crippen MR) is 108 cm³/mol. The number of benzene rings is 2. The molecule has 0 aliphatic heterocycles. The summed E-state index contributed by atoms with van der Waals surface area (Å²) in [4.78, 5) is 15.9. The van der Waals surface area contributed by atoms with Crippen molar-refractivity contribution in [3.8, 4) is 0 Å². The van der Waals surface area contributed by atoms with Crippen LogP contribution in [0.15, 0.2) is 50.9 Å². The number of furan rings is 1. The third kappa shape index (κ3) is 4.03. The molecule has 0 radical (unpaired) electrons. The molecule has 1 aromatic heterocycles. The highest BCUT2D eigenvalue weighted by molar-refractivity contribution is 7.89. The molecule has 154 valence electrons. The standard InChI is InChI=1S/C19H21N3O6S/c1-10(2)17(19(23)24)22-29(25,26)12-5-6-13-14-8-11(18(20)21-27-3)4-7-15(14)28-16(13)9-12/h4-10,17,22H,1-3H3,(H2,20,21)(H,23,24)/t17-/m0/s1. The molecule has 0 saturated heterocycles. The lowest BCUT2D eigenvalue weighted by Gasteiger charge is -2.17. The first kappa shape index (κ1) is 20.6. The molecule has 0 saturated carbocycles. The summed E-state index contributed by atoms with van der Waals surface area (Å²) in [5.41, 5.74) is 7.36. The van der Waals surface area contributed by atoms with Gasteiger partial charge in [-0.3, -0.25) is 4.79 Å². The molecular formula is C19H21N3O6S. The zero-order valence-corrected chi connectivity index (χ0v) is 16.9. The highest BCUT2D eigenvalue weighted by atomic mass is 32.2. The summed E-state index contributed by atoms with van der Waals surface area (Å²) in [5, 5.41) is 14.4. The van der Waals surface area contributed by atoms with Crippen molar-refractivity contribution in [1.82, 2.24) is 4.72 Å². The number of carboxylic acid groups (broad SMARTS) is 1. The van der Waals surface area contributed by atoms with Crippen molar-refractivity contribution in [2.45, 2.75) is 24.8 Å². The van der Waals surface area contributed by atoms with E-state index in [0.717, 1.165) is 5.39 Å². The Labute approximate surface area is 167 Å². The van der Waals surface area contributed by atoms with E-state index in [-0.39, 0.29) is 10.7 Å². The van der Waals surface area contributed by atoms with Crippen molar-refractivity contribution in [1.29, 1.82) is 0 Å². The van der Waals surface area contributed by atoms with Crippen LogP contribution >= 0.6 is 0 Å². The first-order valence-corrected chi connectivity index (χ1v) is 10.2. The third-order valence-electron chi connectivity index (χ3n) is 4.45. The number of sulfonamides is 1. The maximum absolute atomic E-state index is 12.7. The Morgan fingerprint density at radius 3 is 2.52 bits per heavy atom. The number of amidine groups is 1. The highest BCUT2D eigenvalue weighted by Crippen LogP contribution is 2.31. The summed E-state index contributed by atoms with van der Waals surface area (Å²) in [6, 6.07) is 8.31. The summed E-state index contributed by atoms with van der Waals surface area (Å²) in [7, 11) is -2.66. The van der Waals surface area contributed by atoms with E-state index in [4.69, 9.17) is 10.2 Å². The lowest BCUT2D eigenvalue weighted by Crippen LogP contribution is -2.44. The van der Waals surface area contributed by atoms with E-state index in [1.54, 1.807) is 38.1 Å². The van der Waals surface area contributed by atoms with Gasteiger partial charge in [0, 0.05) is 22.4 Å². The summed E-state index contributed by atoms with van der Waals surface area (Å²) < 4.78 is 33.3. The van der Waals surface area contributed by atoms with Crippen molar-refractivity contribution in [2.24, 2.45) is 16.8 Å². The zero-order chi connectivity index (χ0) is 21.3. The minimum absolute atomic E-state index is 0.0864. The number of carbonyl (C=O) groups is 1. The van der Waals surface area contributed by atoms with Gasteiger partial charge in [-0.1, -0.05) is 19.0 Å². The normalized spacial score (nSPS) is 13.9. The molecule has 0 fully saturated rings. The molecule has 1 heterocycles. The first-order chi connectivity index (χ1) is 13.6. The predicted octanol–water partition coefficient (Wildman–Crippen LogP) is 2.24. The molecule has 3 rings (SSSR count). The maximum Gasteiger partial charge on any atom is 0.322 e. The van der Waals surface area contributed by atoms with Crippen LogP contribution in [0.3, 0.4) is 0 Å². The van der Waals surface area contributed by atoms with Crippen LogP contribution in [-0.2, 0) is 19.7 Å². The van der Waals surface area contributed by atoms with E-state index < -0.39 is 28.0 Å². The fourth-order valence-electron chi connectivity index (χ4n) is 2.94. The highest BCUT2D eigenvalue weighted by Gasteiger charge is 2.28. The molecule has 0 unspecified atom stereocenters. The zero-order valence-electron chi connectivity index (χ0n) is 16.0. The topological polar surface area (TPSA) is 144 Å². The largest absolute Gasteiger partial charge is 0.480 e. The molecule has 0 aliphatic carbocycles. The molecule has 2 aromatic carbocycles. The minimum Gasteiger partial charge on any atom is -0.480 e. The van der Waals surface area contributed by atoms with E-state index in [2.05, 4.69) is 14.7 Å². The van der Waals surface area contributed by atoms with E-state index in [1.807, 2.05) is 0 Å². The van der Waals surface area contributed by atoms with Gasteiger partial charge in [0.25, 0.3) is 0 Å². The molecule has 4 N–H and O–H groups in total. The number of fused-ring (bicyclic) bond motifs is 3. The van der Waals surface area contributed by atoms with E-state index in [1.165, 1.54) is 19.2 Å². The van der Waals surface area contributed by atoms with Gasteiger partial charge in [-0.25, -0.2) is 8.42 Å². The van der Waals surface area contributed by atoms with Crippen molar-refractivity contribution >= 4 is 43.8 Å². The Hall–Kier alpha value is -3.11. The van der Waals surface area contributed by atoms with Crippen LogP contribution in [0.2, 0.25) is 0 Å². The summed E-state index contributed by atoms with van der Waals surface area (Å²) >= 11 is 0. The number of nitrogens with zero attached hydrogens (tertiary/aromatic N) is 1. The molecule has 0 amide bonds. The van der Waals surface area contributed by atoms with Crippen molar-refractivity contribution < 1.29 is 27.6 Å². The van der Waals surface area contributed by atoms with Crippen molar-refractivity contribution in [3.05, 3.63) is 42.0 Å². The number of oxime groups is 1. The van der Waals surface area contributed by atoms with Gasteiger partial charge in [-0.15, -0.1) is 0 Å². The Bertz CT molecular complexity index is 1210. The molecule has 9 nitrogen and oxygen atoms in total. The summed E-state index contributed by atoms with van der Waals surface area (Å²) in [6.45, 7) is 3.25. The van der Waals surface area contributed by atoms with Crippen LogP contribution in [0.4, 0.5) is 0 Å². The number of hydrogen-bond acceptors (Lipinski definition) is 6. The van der Waals surface area contributed by atoms with Gasteiger partial charge >= 0.3 is 5.97 Å². The van der Waals surface area contributed by atoms with Crippen LogP contribution in [0, 0.1) is 5.92 Å². The Kier molecular flexibility index (Phi) is 5.49. The third-order valence-corrected chi connectivity index (χ3v) is 5.89. The van der Waals surface area contributed by atoms with Gasteiger partial charge < -0.3 is 20.1 Å². The number of carboxylic acids is 1. The SMILES string of the molecule is CON=C(N)c1ccc2oc3cc(S(=O)(=O)N[C@H](C(=O)O)C(C)C)ccc3c2c1. The van der Waals surface area contributed by atoms with Crippen LogP contribution in [0.25, 0.3) is 21.9 Å². The smallest absolute Gasteiger partial charge is 0.322 e. The number of nitrogens with one attached hydrogen (secondary N) is 1. The Morgan fingerprint density at radius 1 is 1.17 bits per heavy atom. The van der Waals surface area contributed by atoms with Gasteiger partial charge in [-0.05, 0) is 36.2 Å². The van der Waals surface area contributed by atoms with Gasteiger partial charge in [-0.2, -0.15) is 4.72 Å². The Morgan fingerprint density at radius 2 is 1.90 bits per heavy atom. The molecule has 0 bridgehead atoms. The summed E-state index contributed by atoms with van der Waals surface area (Å²) in [6.07, 6.45) is 0. The van der Waals surface area contributed by atoms with Crippen LogP contribution in [0.5, 0.6) is 0 Å². The maximum atomic E-state index is 12.7. The molecule has 0 spiro atoms. The van der Waals surface area contributed by atoms with Gasteiger partial charge in [0.05, 0.1) is 4.90 Å². The van der Waals surface area contributed by atoms with Crippen molar-refractivity contribution in [3.63, 3.8) is 0 Å². The van der Waals surface area contributed by atoms with Crippen LogP contribution < -0.4 is 10.5 Å². The second-order valence-corrected chi connectivity index (χ2v) is 8.53. The molecule has 10 heteroatoms. The second-order valence-electron chi connectivity index (χ2n) is 6.81. The molecule has 0 aliphatic rings. The number of aliphatic carboxylic acids is 1. The fraction of sp³-hybridized carbons (Fsp3) is 0.263. The number of nitrogens with two attached hydrogens (primary N) is 1. The lowest BCUT2D eigenvalue weighted by atomic mass is 10.1. The Balaban J connectivity index is 2.05. The van der Waals surface area contributed by atoms with Crippen LogP contribution in [-0.4, -0.2) is 38.5 Å². The monoisotopic (exact) mass is 419 g/mol. The van der Waals surface area contributed by atoms with E-state index in [9.17, 15) is 18.3 Å². The van der Waals surface area contributed by atoms with Crippen LogP contribution in [0.1, 0.15) is 19.4 Å². The fourth-order valence-corrected chi connectivity index (χ4v) is 4.29. The summed E-state index contributed by atoms with van der Waals surface area (Å²) in [5.74, 6) is -1.47.